The number of anilines is 1. The van der Waals surface area contributed by atoms with Crippen LogP contribution in [0.25, 0.3) is 5.57 Å². The van der Waals surface area contributed by atoms with E-state index in [1.54, 1.807) is 0 Å². The molecular formula is C26H28ClN2O3-. The Morgan fingerprint density at radius 2 is 1.88 bits per heavy atom. The zero-order chi connectivity index (χ0) is 21.8. The van der Waals surface area contributed by atoms with Gasteiger partial charge in [0.15, 0.2) is 0 Å². The third-order valence-electron chi connectivity index (χ3n) is 5.32. The normalized spacial score (nSPS) is 16.2. The molecule has 168 valence electrons. The van der Waals surface area contributed by atoms with Gasteiger partial charge >= 0.3 is 5.97 Å². The average Bonchev–Trinajstić information content (AvgIpc) is 2.78. The molecule has 2 aromatic rings. The number of benzene rings is 2. The van der Waals surface area contributed by atoms with Crippen LogP contribution in [0.1, 0.15) is 42.3 Å². The summed E-state index contributed by atoms with van der Waals surface area (Å²) in [6.07, 6.45) is 6.30. The molecule has 4 rings (SSSR count). The summed E-state index contributed by atoms with van der Waals surface area (Å²) >= 11 is 0. The highest BCUT2D eigenvalue weighted by molar-refractivity contribution is 6.01. The van der Waals surface area contributed by atoms with Crippen molar-refractivity contribution in [2.75, 3.05) is 25.0 Å². The molecular weight excluding hydrogens is 424 g/mol. The van der Waals surface area contributed by atoms with Crippen molar-refractivity contribution in [1.29, 1.82) is 0 Å². The standard InChI is InChI=1S/C26H28N2O3.ClH/c1-4-27-17-11-13-21-23(15-17)31-24-16-18(28-5-2)12-14-22(24)25(21)19-9-7-8-10-20(19)26(29)30-6-3;/h7-17,27-28H,4-6H2,1-3H3;1H/p-1. The van der Waals surface area contributed by atoms with E-state index in [2.05, 4.69) is 48.8 Å². The van der Waals surface area contributed by atoms with Gasteiger partial charge in [-0.15, -0.1) is 0 Å². The number of carbonyl (C=O) groups is 1. The summed E-state index contributed by atoms with van der Waals surface area (Å²) in [4.78, 5) is 12.7. The molecule has 0 saturated carbocycles. The molecule has 1 unspecified atom stereocenters. The van der Waals surface area contributed by atoms with Crippen LogP contribution in [0.15, 0.2) is 72.0 Å². The van der Waals surface area contributed by atoms with Gasteiger partial charge in [0.05, 0.1) is 12.2 Å². The number of rotatable bonds is 7. The molecule has 0 spiro atoms. The van der Waals surface area contributed by atoms with Crippen LogP contribution in [0.3, 0.4) is 0 Å². The molecule has 0 amide bonds. The van der Waals surface area contributed by atoms with Crippen molar-refractivity contribution in [2.45, 2.75) is 26.8 Å². The second-order valence-electron chi connectivity index (χ2n) is 7.37. The van der Waals surface area contributed by atoms with Crippen LogP contribution < -0.4 is 27.8 Å². The quantitative estimate of drug-likeness (QED) is 0.630. The predicted molar refractivity (Wildman–Crippen MR) is 124 cm³/mol. The van der Waals surface area contributed by atoms with Gasteiger partial charge in [0.25, 0.3) is 0 Å². The summed E-state index contributed by atoms with van der Waals surface area (Å²) in [6.45, 7) is 7.98. The number of ether oxygens (including phenoxy) is 2. The molecule has 0 radical (unpaired) electrons. The summed E-state index contributed by atoms with van der Waals surface area (Å²) < 4.78 is 11.7. The fourth-order valence-electron chi connectivity index (χ4n) is 4.02. The van der Waals surface area contributed by atoms with Gasteiger partial charge in [-0.1, -0.05) is 37.3 Å². The van der Waals surface area contributed by atoms with Crippen molar-refractivity contribution < 1.29 is 26.7 Å². The van der Waals surface area contributed by atoms with E-state index in [4.69, 9.17) is 9.47 Å². The Morgan fingerprint density at radius 3 is 2.62 bits per heavy atom. The maximum Gasteiger partial charge on any atom is 0.338 e. The largest absolute Gasteiger partial charge is 1.00 e. The topological polar surface area (TPSA) is 59.6 Å². The van der Waals surface area contributed by atoms with Gasteiger partial charge in [-0.25, -0.2) is 4.79 Å². The van der Waals surface area contributed by atoms with Crippen molar-refractivity contribution in [3.8, 4) is 5.75 Å². The SMILES string of the molecule is CCNc1ccc2c(c1)OC1=CC(NCC)C=CC1=C2c1ccccc1C(=O)OCC.[Cl-]. The Hall–Kier alpha value is -3.02. The van der Waals surface area contributed by atoms with Crippen molar-refractivity contribution in [1.82, 2.24) is 5.32 Å². The maximum absolute atomic E-state index is 12.7. The lowest BCUT2D eigenvalue weighted by atomic mass is 9.85. The second kappa shape index (κ2) is 10.5. The first-order valence-corrected chi connectivity index (χ1v) is 10.9. The molecule has 5 nitrogen and oxygen atoms in total. The van der Waals surface area contributed by atoms with Gasteiger partial charge in [-0.2, -0.15) is 0 Å². The Morgan fingerprint density at radius 1 is 1.06 bits per heavy atom. The molecule has 0 fully saturated rings. The highest BCUT2D eigenvalue weighted by atomic mass is 35.5. The minimum Gasteiger partial charge on any atom is -1.00 e. The molecule has 0 saturated heterocycles. The van der Waals surface area contributed by atoms with Crippen molar-refractivity contribution in [3.05, 3.63) is 88.7 Å². The van der Waals surface area contributed by atoms with Crippen LogP contribution in [0.5, 0.6) is 5.75 Å². The molecule has 1 heterocycles. The minimum absolute atomic E-state index is 0. The summed E-state index contributed by atoms with van der Waals surface area (Å²) in [5.74, 6) is 1.25. The number of likely N-dealkylation sites (N-methyl/N-ethyl adjacent to an activating group) is 1. The number of carbonyl (C=O) groups excluding carboxylic acids is 1. The number of allylic oxidation sites excluding steroid dienone is 1. The van der Waals surface area contributed by atoms with Crippen LogP contribution in [0.4, 0.5) is 5.69 Å². The van der Waals surface area contributed by atoms with Gasteiger partial charge in [-0.05, 0) is 50.2 Å². The second-order valence-corrected chi connectivity index (χ2v) is 7.37. The monoisotopic (exact) mass is 451 g/mol. The molecule has 2 aliphatic rings. The van der Waals surface area contributed by atoms with Gasteiger partial charge < -0.3 is 32.5 Å². The Balaban J connectivity index is 0.00000289. The first-order valence-electron chi connectivity index (χ1n) is 10.9. The van der Waals surface area contributed by atoms with E-state index in [0.717, 1.165) is 52.6 Å². The molecule has 2 N–H and O–H groups in total. The van der Waals surface area contributed by atoms with Crippen molar-refractivity contribution in [2.24, 2.45) is 0 Å². The zero-order valence-electron chi connectivity index (χ0n) is 18.6. The summed E-state index contributed by atoms with van der Waals surface area (Å²) in [5.41, 5.74) is 5.29. The van der Waals surface area contributed by atoms with E-state index in [1.807, 2.05) is 43.3 Å². The smallest absolute Gasteiger partial charge is 0.338 e. The van der Waals surface area contributed by atoms with E-state index in [-0.39, 0.29) is 24.4 Å². The molecule has 1 atom stereocenters. The fourth-order valence-corrected chi connectivity index (χ4v) is 4.02. The first kappa shape index (κ1) is 23.6. The van der Waals surface area contributed by atoms with Gasteiger partial charge in [0.1, 0.15) is 11.5 Å². The summed E-state index contributed by atoms with van der Waals surface area (Å²) in [5, 5.41) is 6.77. The molecule has 2 aromatic carbocycles. The molecule has 1 aliphatic carbocycles. The Labute approximate surface area is 195 Å². The summed E-state index contributed by atoms with van der Waals surface area (Å²) in [7, 11) is 0. The third kappa shape index (κ3) is 4.59. The average molecular weight is 452 g/mol. The molecule has 6 heteroatoms. The van der Waals surface area contributed by atoms with Gasteiger partial charge in [0.2, 0.25) is 0 Å². The Kier molecular flexibility index (Phi) is 7.78. The van der Waals surface area contributed by atoms with E-state index >= 15 is 0 Å². The van der Waals surface area contributed by atoms with Crippen LogP contribution in [-0.4, -0.2) is 31.7 Å². The van der Waals surface area contributed by atoms with Crippen molar-refractivity contribution in [3.63, 3.8) is 0 Å². The highest BCUT2D eigenvalue weighted by Crippen LogP contribution is 2.44. The van der Waals surface area contributed by atoms with E-state index < -0.39 is 0 Å². The lowest BCUT2D eigenvalue weighted by Crippen LogP contribution is -3.00. The predicted octanol–water partition coefficient (Wildman–Crippen LogP) is 1.93. The minimum atomic E-state index is -0.320. The fraction of sp³-hybridized carbons (Fsp3) is 0.269. The van der Waals surface area contributed by atoms with Crippen LogP contribution >= 0.6 is 0 Å². The van der Waals surface area contributed by atoms with Crippen LogP contribution in [0.2, 0.25) is 0 Å². The lowest BCUT2D eigenvalue weighted by molar-refractivity contribution is -0.0000248. The highest BCUT2D eigenvalue weighted by Gasteiger charge is 2.29. The number of fused-ring (bicyclic) bond motifs is 2. The Bertz CT molecular complexity index is 1090. The molecule has 0 bridgehead atoms. The summed E-state index contributed by atoms with van der Waals surface area (Å²) in [6, 6.07) is 13.8. The maximum atomic E-state index is 12.7. The van der Waals surface area contributed by atoms with E-state index in [0.29, 0.717) is 12.2 Å². The van der Waals surface area contributed by atoms with Crippen LogP contribution in [-0.2, 0) is 4.74 Å². The molecule has 32 heavy (non-hydrogen) atoms. The molecule has 0 aromatic heterocycles. The first-order chi connectivity index (χ1) is 15.2. The number of hydrogen-bond donors (Lipinski definition) is 2. The van der Waals surface area contributed by atoms with Crippen LogP contribution in [0, 0.1) is 0 Å². The molecule has 1 aliphatic heterocycles. The number of hydrogen-bond acceptors (Lipinski definition) is 5. The third-order valence-corrected chi connectivity index (χ3v) is 5.32. The van der Waals surface area contributed by atoms with Gasteiger partial charge in [0, 0.05) is 41.1 Å². The van der Waals surface area contributed by atoms with E-state index in [9.17, 15) is 4.79 Å². The number of nitrogens with one attached hydrogen (secondary N) is 2. The number of esters is 1. The van der Waals surface area contributed by atoms with Gasteiger partial charge in [-0.3, -0.25) is 0 Å². The van der Waals surface area contributed by atoms with E-state index in [1.165, 1.54) is 0 Å². The zero-order valence-corrected chi connectivity index (χ0v) is 19.3. The van der Waals surface area contributed by atoms with Crippen molar-refractivity contribution >= 4 is 17.2 Å². The lowest BCUT2D eigenvalue weighted by Gasteiger charge is -2.29. The number of halogens is 1.